The van der Waals surface area contributed by atoms with Gasteiger partial charge >= 0.3 is 0 Å². The van der Waals surface area contributed by atoms with Crippen LogP contribution in [-0.2, 0) is 17.6 Å². The van der Waals surface area contributed by atoms with Crippen molar-refractivity contribution in [3.05, 3.63) is 29.3 Å². The molecule has 0 fully saturated rings. The molecule has 1 aromatic rings. The minimum Gasteiger partial charge on any atom is -0.370 e. The lowest BCUT2D eigenvalue weighted by Gasteiger charge is -2.19. The number of nitrogens with one attached hydrogen (secondary N) is 2. The molecule has 0 heterocycles. The van der Waals surface area contributed by atoms with Crippen LogP contribution in [0.25, 0.3) is 0 Å². The Hall–Kier alpha value is -2.04. The van der Waals surface area contributed by atoms with E-state index in [2.05, 4.69) is 27.8 Å². The van der Waals surface area contributed by atoms with Crippen LogP contribution in [0.4, 0.5) is 5.69 Å². The topological polar surface area (TPSA) is 79.5 Å². The first-order chi connectivity index (χ1) is 10.7. The van der Waals surface area contributed by atoms with Crippen molar-refractivity contribution < 1.29 is 4.79 Å². The van der Waals surface area contributed by atoms with E-state index in [9.17, 15) is 4.79 Å². The second-order valence-electron chi connectivity index (χ2n) is 5.64. The minimum absolute atomic E-state index is 0.0236. The number of hydrogen-bond donors (Lipinski definition) is 3. The van der Waals surface area contributed by atoms with Crippen molar-refractivity contribution in [3.8, 4) is 0 Å². The smallest absolute Gasteiger partial charge is 0.221 e. The largest absolute Gasteiger partial charge is 0.370 e. The van der Waals surface area contributed by atoms with E-state index in [-0.39, 0.29) is 5.91 Å². The highest BCUT2D eigenvalue weighted by molar-refractivity contribution is 5.93. The molecule has 0 saturated carbocycles. The first-order valence-electron chi connectivity index (χ1n) is 8.15. The number of aryl methyl sites for hydroxylation is 1. The Morgan fingerprint density at radius 1 is 1.32 bits per heavy atom. The van der Waals surface area contributed by atoms with Gasteiger partial charge in [-0.05, 0) is 49.3 Å². The number of carbonyl (C=O) groups excluding carboxylic acids is 1. The Labute approximate surface area is 132 Å². The Morgan fingerprint density at radius 2 is 2.14 bits per heavy atom. The predicted molar refractivity (Wildman–Crippen MR) is 91.1 cm³/mol. The van der Waals surface area contributed by atoms with Gasteiger partial charge in [0.2, 0.25) is 5.91 Å². The summed E-state index contributed by atoms with van der Waals surface area (Å²) in [7, 11) is 0. The zero-order chi connectivity index (χ0) is 15.8. The maximum atomic E-state index is 11.5. The van der Waals surface area contributed by atoms with Crippen LogP contribution in [0.2, 0.25) is 0 Å². The normalized spacial score (nSPS) is 14.3. The lowest BCUT2D eigenvalue weighted by Crippen LogP contribution is -2.26. The summed E-state index contributed by atoms with van der Waals surface area (Å²) >= 11 is 0. The molecule has 5 nitrogen and oxygen atoms in total. The van der Waals surface area contributed by atoms with Crippen LogP contribution in [0.3, 0.4) is 0 Å². The van der Waals surface area contributed by atoms with Gasteiger partial charge in [0.1, 0.15) is 0 Å². The minimum atomic E-state index is 0.0236. The zero-order valence-corrected chi connectivity index (χ0v) is 13.3. The second-order valence-corrected chi connectivity index (χ2v) is 5.64. The zero-order valence-electron chi connectivity index (χ0n) is 13.3. The van der Waals surface area contributed by atoms with Crippen molar-refractivity contribution in [1.82, 2.24) is 5.32 Å². The SMILES string of the molecule is CCCNC(=O)CCN=C(N)Nc1cccc2c1CCCC2. The molecule has 0 aliphatic heterocycles. The number of amides is 1. The monoisotopic (exact) mass is 302 g/mol. The highest BCUT2D eigenvalue weighted by atomic mass is 16.1. The average molecular weight is 302 g/mol. The molecule has 1 amide bonds. The highest BCUT2D eigenvalue weighted by Gasteiger charge is 2.13. The Morgan fingerprint density at radius 3 is 2.95 bits per heavy atom. The number of nitrogens with two attached hydrogens (primary N) is 1. The number of benzene rings is 1. The van der Waals surface area contributed by atoms with E-state index in [0.29, 0.717) is 25.5 Å². The van der Waals surface area contributed by atoms with Gasteiger partial charge in [0.15, 0.2) is 5.96 Å². The molecule has 0 spiro atoms. The van der Waals surface area contributed by atoms with Crippen LogP contribution < -0.4 is 16.4 Å². The van der Waals surface area contributed by atoms with Crippen LogP contribution in [0.15, 0.2) is 23.2 Å². The molecule has 0 saturated heterocycles. The number of aliphatic imine (C=N–C) groups is 1. The van der Waals surface area contributed by atoms with Crippen molar-refractivity contribution in [2.75, 3.05) is 18.4 Å². The van der Waals surface area contributed by atoms with Crippen LogP contribution >= 0.6 is 0 Å². The van der Waals surface area contributed by atoms with Crippen molar-refractivity contribution in [2.45, 2.75) is 45.4 Å². The van der Waals surface area contributed by atoms with E-state index >= 15 is 0 Å². The third-order valence-corrected chi connectivity index (χ3v) is 3.85. The highest BCUT2D eigenvalue weighted by Crippen LogP contribution is 2.27. The first-order valence-corrected chi connectivity index (χ1v) is 8.15. The van der Waals surface area contributed by atoms with Gasteiger partial charge in [0.25, 0.3) is 0 Å². The van der Waals surface area contributed by atoms with Crippen molar-refractivity contribution in [2.24, 2.45) is 10.7 Å². The molecule has 0 unspecified atom stereocenters. The fourth-order valence-electron chi connectivity index (χ4n) is 2.71. The molecule has 0 aromatic heterocycles. The lowest BCUT2D eigenvalue weighted by molar-refractivity contribution is -0.120. The fraction of sp³-hybridized carbons (Fsp3) is 0.529. The average Bonchev–Trinajstić information content (AvgIpc) is 2.53. The quantitative estimate of drug-likeness (QED) is 0.557. The summed E-state index contributed by atoms with van der Waals surface area (Å²) in [4.78, 5) is 15.7. The van der Waals surface area contributed by atoms with Crippen molar-refractivity contribution in [1.29, 1.82) is 0 Å². The van der Waals surface area contributed by atoms with Gasteiger partial charge in [-0.15, -0.1) is 0 Å². The summed E-state index contributed by atoms with van der Waals surface area (Å²) in [5, 5.41) is 6.01. The summed E-state index contributed by atoms with van der Waals surface area (Å²) in [6.45, 7) is 3.15. The van der Waals surface area contributed by atoms with Gasteiger partial charge in [-0.3, -0.25) is 9.79 Å². The molecule has 0 bridgehead atoms. The van der Waals surface area contributed by atoms with E-state index in [1.165, 1.54) is 24.0 Å². The molecular formula is C17H26N4O. The maximum absolute atomic E-state index is 11.5. The van der Waals surface area contributed by atoms with Gasteiger partial charge in [0, 0.05) is 18.7 Å². The van der Waals surface area contributed by atoms with Crippen LogP contribution in [0, 0.1) is 0 Å². The van der Waals surface area contributed by atoms with Gasteiger partial charge in [-0.2, -0.15) is 0 Å². The molecular weight excluding hydrogens is 276 g/mol. The number of guanidine groups is 1. The van der Waals surface area contributed by atoms with Gasteiger partial charge in [-0.1, -0.05) is 19.1 Å². The second kappa shape index (κ2) is 8.41. The van der Waals surface area contributed by atoms with Crippen molar-refractivity contribution >= 4 is 17.6 Å². The number of carbonyl (C=O) groups is 1. The van der Waals surface area contributed by atoms with E-state index in [1.807, 2.05) is 13.0 Å². The predicted octanol–water partition coefficient (Wildman–Crippen LogP) is 2.21. The molecule has 2 rings (SSSR count). The van der Waals surface area contributed by atoms with E-state index in [0.717, 1.165) is 24.9 Å². The standard InChI is InChI=1S/C17H26N4O/c1-2-11-19-16(22)10-12-20-17(18)21-15-9-5-7-13-6-3-4-8-14(13)15/h5,7,9H,2-4,6,8,10-12H2,1H3,(H,19,22)(H3,18,20,21). The third kappa shape index (κ3) is 4.76. The number of rotatable bonds is 6. The lowest BCUT2D eigenvalue weighted by atomic mass is 9.90. The third-order valence-electron chi connectivity index (χ3n) is 3.85. The van der Waals surface area contributed by atoms with Crippen LogP contribution in [0.5, 0.6) is 0 Å². The Bertz CT molecular complexity index is 539. The Kier molecular flexibility index (Phi) is 6.25. The van der Waals surface area contributed by atoms with E-state index in [4.69, 9.17) is 5.73 Å². The van der Waals surface area contributed by atoms with Crippen LogP contribution in [0.1, 0.15) is 43.7 Å². The number of nitrogens with zero attached hydrogens (tertiary/aromatic N) is 1. The van der Waals surface area contributed by atoms with Crippen LogP contribution in [-0.4, -0.2) is 25.0 Å². The number of fused-ring (bicyclic) bond motifs is 1. The molecule has 22 heavy (non-hydrogen) atoms. The summed E-state index contributed by atoms with van der Waals surface area (Å²) in [5.41, 5.74) is 9.74. The molecule has 0 atom stereocenters. The number of anilines is 1. The molecule has 1 aromatic carbocycles. The van der Waals surface area contributed by atoms with Gasteiger partial charge in [0.05, 0.1) is 6.54 Å². The molecule has 4 N–H and O–H groups in total. The van der Waals surface area contributed by atoms with E-state index < -0.39 is 0 Å². The summed E-state index contributed by atoms with van der Waals surface area (Å²) in [6, 6.07) is 6.28. The summed E-state index contributed by atoms with van der Waals surface area (Å²) in [6.07, 6.45) is 6.02. The van der Waals surface area contributed by atoms with E-state index in [1.54, 1.807) is 0 Å². The fourth-order valence-corrected chi connectivity index (χ4v) is 2.71. The maximum Gasteiger partial charge on any atom is 0.221 e. The molecule has 1 aliphatic rings. The molecule has 0 radical (unpaired) electrons. The van der Waals surface area contributed by atoms with Gasteiger partial charge < -0.3 is 16.4 Å². The molecule has 5 heteroatoms. The molecule has 1 aliphatic carbocycles. The van der Waals surface area contributed by atoms with Gasteiger partial charge in [-0.25, -0.2) is 0 Å². The Balaban J connectivity index is 1.88. The first kappa shape index (κ1) is 16.3. The molecule has 120 valence electrons. The number of hydrogen-bond acceptors (Lipinski definition) is 2. The summed E-state index contributed by atoms with van der Waals surface area (Å²) in [5.74, 6) is 0.401. The van der Waals surface area contributed by atoms with Crippen molar-refractivity contribution in [3.63, 3.8) is 0 Å². The summed E-state index contributed by atoms with van der Waals surface area (Å²) < 4.78 is 0.